The summed E-state index contributed by atoms with van der Waals surface area (Å²) >= 11 is 5.66. The maximum atomic E-state index is 13.0. The summed E-state index contributed by atoms with van der Waals surface area (Å²) in [5.74, 6) is -0.698. The van der Waals surface area contributed by atoms with Gasteiger partial charge in [-0.2, -0.15) is 0 Å². The molecule has 19 heavy (non-hydrogen) atoms. The Balaban J connectivity index is 2.00. The van der Waals surface area contributed by atoms with Crippen molar-refractivity contribution in [1.82, 2.24) is 5.32 Å². The van der Waals surface area contributed by atoms with Gasteiger partial charge >= 0.3 is 0 Å². The van der Waals surface area contributed by atoms with Gasteiger partial charge in [-0.25, -0.2) is 4.39 Å². The molecule has 0 aromatic heterocycles. The lowest BCUT2D eigenvalue weighted by atomic mass is 10.2. The molecule has 0 radical (unpaired) electrons. The molecule has 0 fully saturated rings. The van der Waals surface area contributed by atoms with Crippen LogP contribution in [0.3, 0.4) is 0 Å². The number of hydrogen-bond donors (Lipinski definition) is 2. The van der Waals surface area contributed by atoms with E-state index in [1.54, 1.807) is 30.3 Å². The highest BCUT2D eigenvalue weighted by Gasteiger charge is 2.06. The highest BCUT2D eigenvalue weighted by atomic mass is 35.5. The molecule has 2 aromatic carbocycles. The fourth-order valence-electron chi connectivity index (χ4n) is 1.57. The number of benzene rings is 2. The number of nitrogens with two attached hydrogens (primary N) is 1. The number of nitrogens with one attached hydrogen (secondary N) is 1. The lowest BCUT2D eigenvalue weighted by Gasteiger charge is -2.06. The molecule has 98 valence electrons. The summed E-state index contributed by atoms with van der Waals surface area (Å²) in [5, 5.41) is 2.76. The minimum absolute atomic E-state index is 0.0410. The van der Waals surface area contributed by atoms with Crippen LogP contribution in [0, 0.1) is 5.82 Å². The third kappa shape index (κ3) is 3.45. The van der Waals surface area contributed by atoms with Gasteiger partial charge in [-0.3, -0.25) is 4.79 Å². The molecule has 0 bridgehead atoms. The van der Waals surface area contributed by atoms with E-state index in [1.807, 2.05) is 0 Å². The summed E-state index contributed by atoms with van der Waals surface area (Å²) in [6, 6.07) is 10.9. The number of amides is 1. The Kier molecular flexibility index (Phi) is 4.02. The van der Waals surface area contributed by atoms with Crippen molar-refractivity contribution in [2.45, 2.75) is 6.54 Å². The van der Waals surface area contributed by atoms with E-state index in [2.05, 4.69) is 5.32 Å². The minimum atomic E-state index is -0.477. The summed E-state index contributed by atoms with van der Waals surface area (Å²) in [7, 11) is 0. The van der Waals surface area contributed by atoms with Gasteiger partial charge in [-0.05, 0) is 42.0 Å². The number of anilines is 1. The maximum Gasteiger partial charge on any atom is 0.251 e. The normalized spacial score (nSPS) is 10.2. The Morgan fingerprint density at radius 3 is 2.53 bits per heavy atom. The molecule has 5 heteroatoms. The van der Waals surface area contributed by atoms with Crippen molar-refractivity contribution in [3.05, 3.63) is 64.4 Å². The van der Waals surface area contributed by atoms with Gasteiger partial charge in [0.2, 0.25) is 0 Å². The first kappa shape index (κ1) is 13.4. The molecule has 3 nitrogen and oxygen atoms in total. The molecule has 1 amide bonds. The molecule has 0 saturated heterocycles. The van der Waals surface area contributed by atoms with Gasteiger partial charge in [0.05, 0.1) is 5.02 Å². The fraction of sp³-hybridized carbons (Fsp3) is 0.0714. The zero-order chi connectivity index (χ0) is 13.8. The minimum Gasteiger partial charge on any atom is -0.399 e. The molecular formula is C14H12ClFN2O. The number of carbonyl (C=O) groups is 1. The number of nitrogen functional groups attached to an aromatic ring is 1. The second kappa shape index (κ2) is 5.71. The van der Waals surface area contributed by atoms with Crippen molar-refractivity contribution in [3.8, 4) is 0 Å². The first-order valence-corrected chi connectivity index (χ1v) is 6.02. The molecule has 0 saturated carbocycles. The molecule has 2 rings (SSSR count). The molecule has 0 spiro atoms. The topological polar surface area (TPSA) is 55.1 Å². The summed E-state index contributed by atoms with van der Waals surface area (Å²) in [6.07, 6.45) is 0. The predicted molar refractivity (Wildman–Crippen MR) is 73.4 cm³/mol. The maximum absolute atomic E-state index is 13.0. The van der Waals surface area contributed by atoms with Gasteiger partial charge in [-0.1, -0.05) is 17.7 Å². The van der Waals surface area contributed by atoms with E-state index in [1.165, 1.54) is 12.1 Å². The summed E-state index contributed by atoms with van der Waals surface area (Å²) in [4.78, 5) is 11.8. The van der Waals surface area contributed by atoms with E-state index in [9.17, 15) is 9.18 Å². The van der Waals surface area contributed by atoms with E-state index < -0.39 is 5.82 Å². The molecular weight excluding hydrogens is 267 g/mol. The van der Waals surface area contributed by atoms with Crippen LogP contribution in [0.5, 0.6) is 0 Å². The number of carbonyl (C=O) groups excluding carboxylic acids is 1. The lowest BCUT2D eigenvalue weighted by Crippen LogP contribution is -2.22. The Bertz CT molecular complexity index is 599. The summed E-state index contributed by atoms with van der Waals surface area (Å²) < 4.78 is 13.0. The van der Waals surface area contributed by atoms with Crippen LogP contribution in [0.15, 0.2) is 42.5 Å². The van der Waals surface area contributed by atoms with Gasteiger partial charge < -0.3 is 11.1 Å². The van der Waals surface area contributed by atoms with Gasteiger partial charge in [0.1, 0.15) is 5.82 Å². The Morgan fingerprint density at radius 1 is 1.21 bits per heavy atom. The average molecular weight is 279 g/mol. The lowest BCUT2D eigenvalue weighted by molar-refractivity contribution is 0.0951. The van der Waals surface area contributed by atoms with Crippen LogP contribution < -0.4 is 11.1 Å². The molecule has 0 aliphatic carbocycles. The van der Waals surface area contributed by atoms with Crippen LogP contribution in [0.4, 0.5) is 10.1 Å². The molecule has 3 N–H and O–H groups in total. The van der Waals surface area contributed by atoms with Gasteiger partial charge in [0, 0.05) is 17.8 Å². The van der Waals surface area contributed by atoms with E-state index in [0.717, 1.165) is 5.56 Å². The monoisotopic (exact) mass is 278 g/mol. The van der Waals surface area contributed by atoms with Crippen LogP contribution in [-0.2, 0) is 6.54 Å². The van der Waals surface area contributed by atoms with Crippen molar-refractivity contribution in [2.75, 3.05) is 5.73 Å². The first-order chi connectivity index (χ1) is 9.06. The highest BCUT2D eigenvalue weighted by molar-refractivity contribution is 6.30. The van der Waals surface area contributed by atoms with Crippen LogP contribution in [0.25, 0.3) is 0 Å². The molecule has 2 aromatic rings. The highest BCUT2D eigenvalue weighted by Crippen LogP contribution is 2.16. The van der Waals surface area contributed by atoms with Gasteiger partial charge in [0.25, 0.3) is 5.91 Å². The zero-order valence-electron chi connectivity index (χ0n) is 9.99. The smallest absolute Gasteiger partial charge is 0.251 e. The number of rotatable bonds is 3. The van der Waals surface area contributed by atoms with Crippen LogP contribution in [-0.4, -0.2) is 5.91 Å². The van der Waals surface area contributed by atoms with Gasteiger partial charge in [-0.15, -0.1) is 0 Å². The van der Waals surface area contributed by atoms with Crippen LogP contribution in [0.1, 0.15) is 15.9 Å². The average Bonchev–Trinajstić information content (AvgIpc) is 2.40. The van der Waals surface area contributed by atoms with E-state index >= 15 is 0 Å². The third-order valence-corrected chi connectivity index (χ3v) is 2.90. The quantitative estimate of drug-likeness (QED) is 0.848. The second-order valence-electron chi connectivity index (χ2n) is 4.05. The van der Waals surface area contributed by atoms with E-state index in [0.29, 0.717) is 11.3 Å². The fourth-order valence-corrected chi connectivity index (χ4v) is 1.77. The number of hydrogen-bond acceptors (Lipinski definition) is 2. The van der Waals surface area contributed by atoms with Crippen molar-refractivity contribution in [3.63, 3.8) is 0 Å². The van der Waals surface area contributed by atoms with E-state index in [4.69, 9.17) is 17.3 Å². The predicted octanol–water partition coefficient (Wildman–Crippen LogP) is 2.99. The molecule has 0 heterocycles. The Labute approximate surface area is 115 Å². The van der Waals surface area contributed by atoms with Crippen LogP contribution >= 0.6 is 11.6 Å². The second-order valence-corrected chi connectivity index (χ2v) is 4.46. The molecule has 0 atom stereocenters. The summed E-state index contributed by atoms with van der Waals surface area (Å²) in [6.45, 7) is 0.281. The summed E-state index contributed by atoms with van der Waals surface area (Å²) in [5.41, 5.74) is 7.39. The molecule has 0 unspecified atom stereocenters. The Hall–Kier alpha value is -2.07. The SMILES string of the molecule is Nc1ccc(C(=O)NCc2ccc(F)c(Cl)c2)cc1. The van der Waals surface area contributed by atoms with E-state index in [-0.39, 0.29) is 17.5 Å². The van der Waals surface area contributed by atoms with Crippen molar-refractivity contribution < 1.29 is 9.18 Å². The standard InChI is InChI=1S/C14H12ClFN2O/c15-12-7-9(1-6-13(12)16)8-18-14(19)10-2-4-11(17)5-3-10/h1-7H,8,17H2,(H,18,19). The van der Waals surface area contributed by atoms with Gasteiger partial charge in [0.15, 0.2) is 0 Å². The third-order valence-electron chi connectivity index (χ3n) is 2.61. The van der Waals surface area contributed by atoms with Crippen molar-refractivity contribution >= 4 is 23.2 Å². The first-order valence-electron chi connectivity index (χ1n) is 5.64. The molecule has 0 aliphatic rings. The zero-order valence-corrected chi connectivity index (χ0v) is 10.7. The van der Waals surface area contributed by atoms with Crippen molar-refractivity contribution in [2.24, 2.45) is 0 Å². The van der Waals surface area contributed by atoms with Crippen molar-refractivity contribution in [1.29, 1.82) is 0 Å². The molecule has 0 aliphatic heterocycles. The van der Waals surface area contributed by atoms with Crippen LogP contribution in [0.2, 0.25) is 5.02 Å². The number of halogens is 2. The largest absolute Gasteiger partial charge is 0.399 e. The Morgan fingerprint density at radius 2 is 1.89 bits per heavy atom.